The number of carboxylic acids is 1. The molecular formula is C18H18ClNO4. The number of benzene rings is 2. The number of amides is 1. The summed E-state index contributed by atoms with van der Waals surface area (Å²) >= 11 is 5.90. The van der Waals surface area contributed by atoms with E-state index in [1.807, 2.05) is 6.92 Å². The lowest BCUT2D eigenvalue weighted by Crippen LogP contribution is -2.30. The third-order valence-corrected chi connectivity index (χ3v) is 3.79. The molecule has 0 fully saturated rings. The van der Waals surface area contributed by atoms with Crippen molar-refractivity contribution >= 4 is 29.2 Å². The predicted molar refractivity (Wildman–Crippen MR) is 93.0 cm³/mol. The van der Waals surface area contributed by atoms with Gasteiger partial charge in [0.1, 0.15) is 5.75 Å². The van der Waals surface area contributed by atoms with Crippen LogP contribution in [0.5, 0.6) is 5.75 Å². The molecule has 0 unspecified atom stereocenters. The molecule has 24 heavy (non-hydrogen) atoms. The van der Waals surface area contributed by atoms with Gasteiger partial charge in [-0.1, -0.05) is 17.7 Å². The van der Waals surface area contributed by atoms with E-state index in [4.69, 9.17) is 21.4 Å². The summed E-state index contributed by atoms with van der Waals surface area (Å²) in [6.45, 7) is 5.25. The van der Waals surface area contributed by atoms with E-state index in [2.05, 4.69) is 5.32 Å². The molecule has 2 aromatic rings. The number of anilines is 1. The number of ether oxygens (including phenoxy) is 1. The Morgan fingerprint density at radius 2 is 1.83 bits per heavy atom. The fourth-order valence-corrected chi connectivity index (χ4v) is 2.34. The number of hydrogen-bond donors (Lipinski definition) is 2. The lowest BCUT2D eigenvalue weighted by atomic mass is 10.1. The van der Waals surface area contributed by atoms with E-state index in [9.17, 15) is 9.59 Å². The molecule has 2 N–H and O–H groups in total. The van der Waals surface area contributed by atoms with Gasteiger partial charge in [0.2, 0.25) is 0 Å². The number of aromatic carboxylic acids is 1. The van der Waals surface area contributed by atoms with Crippen molar-refractivity contribution in [2.24, 2.45) is 0 Å². The number of carbonyl (C=O) groups is 2. The Bertz CT molecular complexity index is 789. The molecule has 0 saturated heterocycles. The number of aryl methyl sites for hydroxylation is 2. The molecule has 6 heteroatoms. The second kappa shape index (κ2) is 7.36. The van der Waals surface area contributed by atoms with Crippen LogP contribution >= 0.6 is 11.6 Å². The van der Waals surface area contributed by atoms with E-state index in [0.717, 1.165) is 11.1 Å². The lowest BCUT2D eigenvalue weighted by molar-refractivity contribution is -0.122. The maximum Gasteiger partial charge on any atom is 0.335 e. The van der Waals surface area contributed by atoms with Gasteiger partial charge in [0.05, 0.1) is 5.56 Å². The highest BCUT2D eigenvalue weighted by molar-refractivity contribution is 6.30. The zero-order valence-corrected chi connectivity index (χ0v) is 14.3. The van der Waals surface area contributed by atoms with E-state index in [1.165, 1.54) is 12.1 Å². The standard InChI is InChI=1S/C18H18ClNO4/c1-10-4-5-13(18(22)23)9-15(10)20-17(21)12(3)24-16-7-6-14(19)8-11(16)2/h4-9,12H,1-3H3,(H,20,21)(H,22,23)/t12-/m1/s1. The van der Waals surface area contributed by atoms with Crippen LogP contribution in [0.3, 0.4) is 0 Å². The quantitative estimate of drug-likeness (QED) is 0.855. The van der Waals surface area contributed by atoms with Gasteiger partial charge in [-0.05, 0) is 62.2 Å². The van der Waals surface area contributed by atoms with Crippen molar-refractivity contribution in [3.05, 3.63) is 58.1 Å². The molecule has 0 aliphatic carbocycles. The zero-order valence-electron chi connectivity index (χ0n) is 13.6. The summed E-state index contributed by atoms with van der Waals surface area (Å²) in [7, 11) is 0. The van der Waals surface area contributed by atoms with Crippen LogP contribution in [-0.4, -0.2) is 23.1 Å². The Hall–Kier alpha value is -2.53. The van der Waals surface area contributed by atoms with Gasteiger partial charge in [0, 0.05) is 10.7 Å². The monoisotopic (exact) mass is 347 g/mol. The molecule has 0 aromatic heterocycles. The molecule has 0 saturated carbocycles. The van der Waals surface area contributed by atoms with Crippen molar-refractivity contribution in [1.29, 1.82) is 0 Å². The summed E-state index contributed by atoms with van der Waals surface area (Å²) in [4.78, 5) is 23.4. The second-order valence-electron chi connectivity index (χ2n) is 5.49. The fraction of sp³-hybridized carbons (Fsp3) is 0.222. The fourth-order valence-electron chi connectivity index (χ4n) is 2.11. The summed E-state index contributed by atoms with van der Waals surface area (Å²) < 4.78 is 5.66. The molecule has 0 bridgehead atoms. The summed E-state index contributed by atoms with van der Waals surface area (Å²) in [5.41, 5.74) is 2.15. The van der Waals surface area contributed by atoms with E-state index in [1.54, 1.807) is 38.1 Å². The Kier molecular flexibility index (Phi) is 5.46. The molecule has 2 aromatic carbocycles. The number of rotatable bonds is 5. The predicted octanol–water partition coefficient (Wildman–Crippen LogP) is 4.06. The van der Waals surface area contributed by atoms with E-state index in [0.29, 0.717) is 16.5 Å². The van der Waals surface area contributed by atoms with Crippen molar-refractivity contribution in [2.45, 2.75) is 26.9 Å². The van der Waals surface area contributed by atoms with Crippen LogP contribution in [0.4, 0.5) is 5.69 Å². The minimum Gasteiger partial charge on any atom is -0.481 e. The van der Waals surface area contributed by atoms with Crippen LogP contribution in [0.1, 0.15) is 28.4 Å². The first-order valence-corrected chi connectivity index (χ1v) is 7.73. The van der Waals surface area contributed by atoms with Gasteiger partial charge in [0.15, 0.2) is 6.10 Å². The van der Waals surface area contributed by atoms with Gasteiger partial charge in [-0.15, -0.1) is 0 Å². The molecule has 0 radical (unpaired) electrons. The van der Waals surface area contributed by atoms with Crippen LogP contribution in [0.2, 0.25) is 5.02 Å². The zero-order chi connectivity index (χ0) is 17.9. The minimum absolute atomic E-state index is 0.109. The van der Waals surface area contributed by atoms with Crippen molar-refractivity contribution in [1.82, 2.24) is 0 Å². The van der Waals surface area contributed by atoms with Gasteiger partial charge in [-0.2, -0.15) is 0 Å². The summed E-state index contributed by atoms with van der Waals surface area (Å²) in [5, 5.41) is 12.3. The van der Waals surface area contributed by atoms with Crippen molar-refractivity contribution in [3.63, 3.8) is 0 Å². The highest BCUT2D eigenvalue weighted by atomic mass is 35.5. The maximum atomic E-state index is 12.3. The van der Waals surface area contributed by atoms with E-state index >= 15 is 0 Å². The Labute approximate surface area is 145 Å². The van der Waals surface area contributed by atoms with Crippen molar-refractivity contribution < 1.29 is 19.4 Å². The number of nitrogens with one attached hydrogen (secondary N) is 1. The minimum atomic E-state index is -1.05. The third kappa shape index (κ3) is 4.26. The second-order valence-corrected chi connectivity index (χ2v) is 5.93. The van der Waals surface area contributed by atoms with Crippen LogP contribution in [0, 0.1) is 13.8 Å². The topological polar surface area (TPSA) is 75.6 Å². The van der Waals surface area contributed by atoms with Crippen LogP contribution in [0.15, 0.2) is 36.4 Å². The third-order valence-electron chi connectivity index (χ3n) is 3.55. The molecule has 0 heterocycles. The molecule has 0 aliphatic rings. The lowest BCUT2D eigenvalue weighted by Gasteiger charge is -2.17. The van der Waals surface area contributed by atoms with Crippen molar-refractivity contribution in [3.8, 4) is 5.75 Å². The number of halogens is 1. The smallest absolute Gasteiger partial charge is 0.335 e. The largest absolute Gasteiger partial charge is 0.481 e. The summed E-state index contributed by atoms with van der Waals surface area (Å²) in [5.74, 6) is -0.848. The molecular weight excluding hydrogens is 330 g/mol. The molecule has 126 valence electrons. The first kappa shape index (κ1) is 17.8. The van der Waals surface area contributed by atoms with Gasteiger partial charge < -0.3 is 15.2 Å². The Morgan fingerprint density at radius 1 is 1.12 bits per heavy atom. The normalized spacial score (nSPS) is 11.7. The summed E-state index contributed by atoms with van der Waals surface area (Å²) in [6.07, 6.45) is -0.752. The first-order chi connectivity index (χ1) is 11.3. The first-order valence-electron chi connectivity index (χ1n) is 7.35. The molecule has 5 nitrogen and oxygen atoms in total. The molecule has 1 amide bonds. The highest BCUT2D eigenvalue weighted by Gasteiger charge is 2.17. The Morgan fingerprint density at radius 3 is 2.46 bits per heavy atom. The number of carbonyl (C=O) groups excluding carboxylic acids is 1. The van der Waals surface area contributed by atoms with E-state index in [-0.39, 0.29) is 11.5 Å². The van der Waals surface area contributed by atoms with Gasteiger partial charge >= 0.3 is 5.97 Å². The molecule has 0 spiro atoms. The van der Waals surface area contributed by atoms with Crippen LogP contribution < -0.4 is 10.1 Å². The molecule has 1 atom stereocenters. The summed E-state index contributed by atoms with van der Waals surface area (Å²) in [6, 6.07) is 9.71. The SMILES string of the molecule is Cc1ccc(C(=O)O)cc1NC(=O)[C@@H](C)Oc1ccc(Cl)cc1C. The number of carboxylic acid groups (broad SMARTS) is 1. The average Bonchev–Trinajstić information content (AvgIpc) is 2.51. The van der Waals surface area contributed by atoms with Gasteiger partial charge in [-0.25, -0.2) is 4.79 Å². The van der Waals surface area contributed by atoms with Gasteiger partial charge in [0.25, 0.3) is 5.91 Å². The average molecular weight is 348 g/mol. The maximum absolute atomic E-state index is 12.3. The number of hydrogen-bond acceptors (Lipinski definition) is 3. The Balaban J connectivity index is 2.11. The van der Waals surface area contributed by atoms with Crippen molar-refractivity contribution in [2.75, 3.05) is 5.32 Å². The van der Waals surface area contributed by atoms with Crippen LogP contribution in [0.25, 0.3) is 0 Å². The van der Waals surface area contributed by atoms with Gasteiger partial charge in [-0.3, -0.25) is 4.79 Å². The molecule has 2 rings (SSSR count). The molecule has 0 aliphatic heterocycles. The van der Waals surface area contributed by atoms with E-state index < -0.39 is 12.1 Å². The highest BCUT2D eigenvalue weighted by Crippen LogP contribution is 2.23. The van der Waals surface area contributed by atoms with Crippen LogP contribution in [-0.2, 0) is 4.79 Å².